The minimum absolute atomic E-state index is 0.261. The molecule has 1 aromatic carbocycles. The zero-order valence-corrected chi connectivity index (χ0v) is 11.8. The molecule has 90 valence electrons. The molecule has 3 nitrogen and oxygen atoms in total. The minimum Gasteiger partial charge on any atom is -0.383 e. The predicted molar refractivity (Wildman–Crippen MR) is 74.7 cm³/mol. The maximum Gasteiger partial charge on any atom is 0.148 e. The maximum atomic E-state index is 13.7. The Labute approximate surface area is 113 Å². The summed E-state index contributed by atoms with van der Waals surface area (Å²) >= 11 is 2.15. The van der Waals surface area contributed by atoms with E-state index in [1.807, 2.05) is 13.8 Å². The van der Waals surface area contributed by atoms with Gasteiger partial charge in [0.05, 0.1) is 9.26 Å². The molecule has 1 aromatic heterocycles. The maximum absolute atomic E-state index is 13.7. The fourth-order valence-electron chi connectivity index (χ4n) is 1.61. The summed E-state index contributed by atoms with van der Waals surface area (Å²) in [5.41, 5.74) is 7.25. The molecule has 2 aromatic rings. The number of hydrogen-bond acceptors (Lipinski definition) is 2. The molecule has 0 unspecified atom stereocenters. The number of hydrogen-bond donors (Lipinski definition) is 1. The van der Waals surface area contributed by atoms with Crippen molar-refractivity contribution in [3.63, 3.8) is 0 Å². The molecule has 0 fully saturated rings. The van der Waals surface area contributed by atoms with Crippen molar-refractivity contribution in [3.8, 4) is 5.69 Å². The van der Waals surface area contributed by atoms with E-state index < -0.39 is 0 Å². The molecule has 0 aliphatic rings. The smallest absolute Gasteiger partial charge is 0.148 e. The van der Waals surface area contributed by atoms with Crippen LogP contribution in [0.1, 0.15) is 25.5 Å². The van der Waals surface area contributed by atoms with E-state index in [1.165, 1.54) is 10.7 Å². The predicted octanol–water partition coefficient (Wildman–Crippen LogP) is 3.32. The highest BCUT2D eigenvalue weighted by atomic mass is 127. The van der Waals surface area contributed by atoms with Crippen LogP contribution in [0.25, 0.3) is 5.69 Å². The highest BCUT2D eigenvalue weighted by molar-refractivity contribution is 14.1. The lowest BCUT2D eigenvalue weighted by molar-refractivity contribution is 0.609. The third kappa shape index (κ3) is 2.15. The molecule has 0 aliphatic carbocycles. The first kappa shape index (κ1) is 12.3. The highest BCUT2D eigenvalue weighted by Crippen LogP contribution is 2.28. The van der Waals surface area contributed by atoms with Gasteiger partial charge in [0.2, 0.25) is 0 Å². The van der Waals surface area contributed by atoms with E-state index in [-0.39, 0.29) is 11.7 Å². The van der Waals surface area contributed by atoms with Crippen molar-refractivity contribution in [1.29, 1.82) is 0 Å². The normalized spacial score (nSPS) is 11.1. The molecule has 0 saturated heterocycles. The quantitative estimate of drug-likeness (QED) is 0.849. The Morgan fingerprint density at radius 1 is 1.35 bits per heavy atom. The number of nitrogen functional groups attached to an aromatic ring is 1. The lowest BCUT2D eigenvalue weighted by atomic mass is 10.1. The van der Waals surface area contributed by atoms with Crippen molar-refractivity contribution in [1.82, 2.24) is 9.78 Å². The zero-order chi connectivity index (χ0) is 12.6. The first-order valence-electron chi connectivity index (χ1n) is 5.31. The monoisotopic (exact) mass is 345 g/mol. The summed E-state index contributed by atoms with van der Waals surface area (Å²) in [5.74, 6) is 0.421. The number of nitrogens with two attached hydrogens (primary N) is 1. The van der Waals surface area contributed by atoms with E-state index in [4.69, 9.17) is 5.73 Å². The standard InChI is InChI=1S/C12H13FIN3/c1-7(2)11-10(14)12(15)17(16-11)9-6-4-3-5-8(9)13/h3-7H,15H2,1-2H3. The molecule has 0 spiro atoms. The van der Waals surface area contributed by atoms with Crippen LogP contribution in [0.15, 0.2) is 24.3 Å². The molecule has 5 heteroatoms. The summed E-state index contributed by atoms with van der Waals surface area (Å²) in [6, 6.07) is 6.48. The van der Waals surface area contributed by atoms with Crippen LogP contribution in [0.2, 0.25) is 0 Å². The van der Waals surface area contributed by atoms with Crippen LogP contribution in [-0.4, -0.2) is 9.78 Å². The van der Waals surface area contributed by atoms with Crippen molar-refractivity contribution >= 4 is 28.4 Å². The second-order valence-corrected chi connectivity index (χ2v) is 5.18. The van der Waals surface area contributed by atoms with Crippen LogP contribution >= 0.6 is 22.6 Å². The molecule has 0 saturated carbocycles. The van der Waals surface area contributed by atoms with Crippen molar-refractivity contribution in [2.24, 2.45) is 0 Å². The summed E-state index contributed by atoms with van der Waals surface area (Å²) in [5, 5.41) is 4.38. The van der Waals surface area contributed by atoms with Gasteiger partial charge in [0.1, 0.15) is 17.3 Å². The van der Waals surface area contributed by atoms with E-state index in [0.29, 0.717) is 11.5 Å². The van der Waals surface area contributed by atoms with E-state index in [2.05, 4.69) is 27.7 Å². The van der Waals surface area contributed by atoms with Crippen LogP contribution in [0.3, 0.4) is 0 Å². The molecular formula is C12H13FIN3. The van der Waals surface area contributed by atoms with Crippen LogP contribution in [0, 0.1) is 9.39 Å². The van der Waals surface area contributed by atoms with E-state index in [9.17, 15) is 4.39 Å². The Hall–Kier alpha value is -1.11. The molecule has 2 rings (SSSR count). The molecule has 0 amide bonds. The summed E-state index contributed by atoms with van der Waals surface area (Å²) in [6.07, 6.45) is 0. The van der Waals surface area contributed by atoms with E-state index >= 15 is 0 Å². The molecule has 2 N–H and O–H groups in total. The lowest BCUT2D eigenvalue weighted by Crippen LogP contribution is -2.04. The fourth-order valence-corrected chi connectivity index (χ4v) is 2.56. The summed E-state index contributed by atoms with van der Waals surface area (Å²) in [4.78, 5) is 0. The van der Waals surface area contributed by atoms with Crippen molar-refractivity contribution in [2.45, 2.75) is 19.8 Å². The second-order valence-electron chi connectivity index (χ2n) is 4.10. The Balaban J connectivity index is 2.61. The van der Waals surface area contributed by atoms with Gasteiger partial charge in [-0.25, -0.2) is 9.07 Å². The largest absolute Gasteiger partial charge is 0.383 e. The first-order valence-corrected chi connectivity index (χ1v) is 6.39. The fraction of sp³-hybridized carbons (Fsp3) is 0.250. The van der Waals surface area contributed by atoms with Gasteiger partial charge < -0.3 is 5.73 Å². The van der Waals surface area contributed by atoms with Gasteiger partial charge in [-0.3, -0.25) is 0 Å². The van der Waals surface area contributed by atoms with Gasteiger partial charge >= 0.3 is 0 Å². The summed E-state index contributed by atoms with van der Waals surface area (Å²) in [7, 11) is 0. The van der Waals surface area contributed by atoms with Crippen LogP contribution < -0.4 is 5.73 Å². The molecule has 0 radical (unpaired) electrons. The minimum atomic E-state index is -0.326. The second kappa shape index (κ2) is 4.64. The number of rotatable bonds is 2. The van der Waals surface area contributed by atoms with E-state index in [1.54, 1.807) is 18.2 Å². The van der Waals surface area contributed by atoms with Gasteiger partial charge in [0.25, 0.3) is 0 Å². The SMILES string of the molecule is CC(C)c1nn(-c2ccccc2F)c(N)c1I. The highest BCUT2D eigenvalue weighted by Gasteiger charge is 2.18. The Morgan fingerprint density at radius 3 is 2.53 bits per heavy atom. The molecular weight excluding hydrogens is 332 g/mol. The average Bonchev–Trinajstić information content (AvgIpc) is 2.57. The van der Waals surface area contributed by atoms with Crippen LogP contribution in [0.5, 0.6) is 0 Å². The van der Waals surface area contributed by atoms with Crippen LogP contribution in [-0.2, 0) is 0 Å². The van der Waals surface area contributed by atoms with Gasteiger partial charge in [-0.15, -0.1) is 0 Å². The van der Waals surface area contributed by atoms with Gasteiger partial charge in [-0.1, -0.05) is 26.0 Å². The van der Waals surface area contributed by atoms with Gasteiger partial charge in [-0.05, 0) is 40.6 Å². The third-order valence-corrected chi connectivity index (χ3v) is 3.62. The van der Waals surface area contributed by atoms with Crippen molar-refractivity contribution in [2.75, 3.05) is 5.73 Å². The lowest BCUT2D eigenvalue weighted by Gasteiger charge is -2.04. The van der Waals surface area contributed by atoms with Gasteiger partial charge in [0, 0.05) is 0 Å². The first-order chi connectivity index (χ1) is 8.02. The molecule has 0 bridgehead atoms. The molecule has 1 heterocycles. The zero-order valence-electron chi connectivity index (χ0n) is 9.61. The third-order valence-electron chi connectivity index (χ3n) is 2.51. The number of halogens is 2. The molecule has 17 heavy (non-hydrogen) atoms. The van der Waals surface area contributed by atoms with Gasteiger partial charge in [0.15, 0.2) is 0 Å². The van der Waals surface area contributed by atoms with E-state index in [0.717, 1.165) is 9.26 Å². The number of anilines is 1. The summed E-state index contributed by atoms with van der Waals surface area (Å²) < 4.78 is 16.0. The summed E-state index contributed by atoms with van der Waals surface area (Å²) in [6.45, 7) is 4.07. The number of aromatic nitrogens is 2. The van der Waals surface area contributed by atoms with Crippen LogP contribution in [0.4, 0.5) is 10.2 Å². The molecule has 0 atom stereocenters. The number of para-hydroxylation sites is 1. The Kier molecular flexibility index (Phi) is 3.37. The molecule has 0 aliphatic heterocycles. The van der Waals surface area contributed by atoms with Crippen molar-refractivity contribution in [3.05, 3.63) is 39.3 Å². The van der Waals surface area contributed by atoms with Gasteiger partial charge in [-0.2, -0.15) is 5.10 Å². The topological polar surface area (TPSA) is 43.8 Å². The number of benzene rings is 1. The Morgan fingerprint density at radius 2 is 2.00 bits per heavy atom. The Bertz CT molecular complexity index is 549. The average molecular weight is 345 g/mol. The van der Waals surface area contributed by atoms with Crippen molar-refractivity contribution < 1.29 is 4.39 Å². The number of nitrogens with zero attached hydrogens (tertiary/aromatic N) is 2.